The number of halogens is 1. The van der Waals surface area contributed by atoms with E-state index < -0.39 is 30.4 Å². The number of anilines is 1. The number of barbiturate groups is 1. The molecule has 3 rings (SSSR count). The molecule has 0 saturated carbocycles. The van der Waals surface area contributed by atoms with Crippen molar-refractivity contribution >= 4 is 47.2 Å². The quantitative estimate of drug-likeness (QED) is 0.497. The molecule has 1 aliphatic rings. The summed E-state index contributed by atoms with van der Waals surface area (Å²) in [6.45, 7) is 1.46. The van der Waals surface area contributed by atoms with E-state index in [9.17, 15) is 19.2 Å². The van der Waals surface area contributed by atoms with E-state index in [4.69, 9.17) is 26.2 Å². The Hall–Kier alpha value is -3.85. The van der Waals surface area contributed by atoms with Crippen molar-refractivity contribution in [2.24, 2.45) is 0 Å². The summed E-state index contributed by atoms with van der Waals surface area (Å²) < 4.78 is 10.6. The Morgan fingerprint density at radius 3 is 2.45 bits per heavy atom. The third kappa shape index (κ3) is 5.01. The van der Waals surface area contributed by atoms with Gasteiger partial charge >= 0.3 is 12.0 Å². The molecule has 2 aromatic carbocycles. The van der Waals surface area contributed by atoms with Gasteiger partial charge in [0.05, 0.1) is 12.3 Å². The lowest BCUT2D eigenvalue weighted by molar-refractivity contribution is -0.139. The maximum Gasteiger partial charge on any atom is 0.341 e. The zero-order valence-electron chi connectivity index (χ0n) is 16.3. The lowest BCUT2D eigenvalue weighted by atomic mass is 10.1. The van der Waals surface area contributed by atoms with Crippen LogP contribution in [0.3, 0.4) is 0 Å². The molecule has 0 unspecified atom stereocenters. The summed E-state index contributed by atoms with van der Waals surface area (Å²) in [5.41, 5.74) is 0.393. The van der Waals surface area contributed by atoms with Gasteiger partial charge in [-0.1, -0.05) is 17.7 Å². The van der Waals surface area contributed by atoms with Gasteiger partial charge in [-0.25, -0.2) is 14.5 Å². The number of amides is 4. The summed E-state index contributed by atoms with van der Waals surface area (Å²) in [6, 6.07) is 9.61. The van der Waals surface area contributed by atoms with Gasteiger partial charge in [-0.2, -0.15) is 0 Å². The van der Waals surface area contributed by atoms with Crippen LogP contribution >= 0.6 is 11.6 Å². The lowest BCUT2D eigenvalue weighted by Crippen LogP contribution is -2.54. The van der Waals surface area contributed by atoms with E-state index >= 15 is 0 Å². The van der Waals surface area contributed by atoms with Crippen LogP contribution in [0.5, 0.6) is 11.5 Å². The van der Waals surface area contributed by atoms with Gasteiger partial charge in [0.2, 0.25) is 0 Å². The van der Waals surface area contributed by atoms with Crippen molar-refractivity contribution in [3.63, 3.8) is 0 Å². The third-order valence-electron chi connectivity index (χ3n) is 4.12. The number of carbonyl (C=O) groups is 4. The number of ether oxygens (including phenoxy) is 2. The van der Waals surface area contributed by atoms with Crippen molar-refractivity contribution in [2.75, 3.05) is 18.1 Å². The fourth-order valence-corrected chi connectivity index (χ4v) is 2.92. The summed E-state index contributed by atoms with van der Waals surface area (Å²) in [5, 5.41) is 11.3. The Morgan fingerprint density at radius 1 is 1.10 bits per heavy atom. The topological polar surface area (TPSA) is 122 Å². The van der Waals surface area contributed by atoms with Gasteiger partial charge in [-0.3, -0.25) is 14.9 Å². The Balaban J connectivity index is 1.95. The van der Waals surface area contributed by atoms with Gasteiger partial charge in [-0.05, 0) is 55.0 Å². The van der Waals surface area contributed by atoms with Crippen LogP contribution in [0.2, 0.25) is 5.02 Å². The molecule has 1 heterocycles. The van der Waals surface area contributed by atoms with E-state index in [1.54, 1.807) is 6.92 Å². The average Bonchev–Trinajstić information content (AvgIpc) is 2.72. The molecule has 0 spiro atoms. The van der Waals surface area contributed by atoms with Crippen LogP contribution < -0.4 is 19.7 Å². The van der Waals surface area contributed by atoms with Crippen LogP contribution in [0, 0.1) is 0 Å². The summed E-state index contributed by atoms with van der Waals surface area (Å²) in [5.74, 6) is -2.36. The maximum absolute atomic E-state index is 12.9. The molecule has 2 N–H and O–H groups in total. The second kappa shape index (κ2) is 9.31. The lowest BCUT2D eigenvalue weighted by Gasteiger charge is -2.26. The molecule has 160 valence electrons. The number of carbonyl (C=O) groups excluding carboxylic acids is 3. The minimum Gasteiger partial charge on any atom is -0.490 e. The first kappa shape index (κ1) is 21.8. The number of benzene rings is 2. The number of carboxylic acid groups (broad SMARTS) is 1. The summed E-state index contributed by atoms with van der Waals surface area (Å²) >= 11 is 5.85. The zero-order chi connectivity index (χ0) is 22.5. The molecule has 9 nitrogen and oxygen atoms in total. The average molecular weight is 445 g/mol. The second-order valence-electron chi connectivity index (χ2n) is 6.26. The number of hydrogen-bond acceptors (Lipinski definition) is 6. The van der Waals surface area contributed by atoms with E-state index in [2.05, 4.69) is 5.32 Å². The van der Waals surface area contributed by atoms with Crippen LogP contribution in [0.1, 0.15) is 12.5 Å². The highest BCUT2D eigenvalue weighted by atomic mass is 35.5. The van der Waals surface area contributed by atoms with Gasteiger partial charge in [-0.15, -0.1) is 0 Å². The molecule has 10 heteroatoms. The Bertz CT molecular complexity index is 1080. The highest BCUT2D eigenvalue weighted by Gasteiger charge is 2.36. The first-order valence-corrected chi connectivity index (χ1v) is 9.46. The number of aliphatic carboxylic acids is 1. The van der Waals surface area contributed by atoms with Crippen molar-refractivity contribution in [2.45, 2.75) is 6.92 Å². The largest absolute Gasteiger partial charge is 0.490 e. The normalized spacial score (nSPS) is 15.1. The monoisotopic (exact) mass is 444 g/mol. The molecule has 1 saturated heterocycles. The number of carboxylic acids is 1. The first-order valence-electron chi connectivity index (χ1n) is 9.08. The first-order chi connectivity index (χ1) is 14.8. The van der Waals surface area contributed by atoms with Crippen molar-refractivity contribution in [1.29, 1.82) is 0 Å². The van der Waals surface area contributed by atoms with Crippen molar-refractivity contribution in [3.8, 4) is 11.5 Å². The van der Waals surface area contributed by atoms with E-state index in [1.165, 1.54) is 48.5 Å². The smallest absolute Gasteiger partial charge is 0.341 e. The van der Waals surface area contributed by atoms with Crippen LogP contribution in [-0.2, 0) is 14.4 Å². The molecular formula is C21H17ClN2O7. The number of rotatable bonds is 7. The van der Waals surface area contributed by atoms with E-state index in [0.717, 1.165) is 4.90 Å². The Kier molecular flexibility index (Phi) is 6.56. The molecule has 1 aliphatic heterocycles. The molecular weight excluding hydrogens is 428 g/mol. The third-order valence-corrected chi connectivity index (χ3v) is 4.37. The molecule has 0 atom stereocenters. The Morgan fingerprint density at radius 2 is 1.81 bits per heavy atom. The molecule has 0 aliphatic carbocycles. The molecule has 0 bridgehead atoms. The number of hydrogen-bond donors (Lipinski definition) is 2. The molecule has 31 heavy (non-hydrogen) atoms. The van der Waals surface area contributed by atoms with Gasteiger partial charge < -0.3 is 14.6 Å². The van der Waals surface area contributed by atoms with E-state index in [1.807, 2.05) is 0 Å². The van der Waals surface area contributed by atoms with Gasteiger partial charge in [0.15, 0.2) is 18.1 Å². The van der Waals surface area contributed by atoms with Gasteiger partial charge in [0.25, 0.3) is 11.8 Å². The fourth-order valence-electron chi connectivity index (χ4n) is 2.79. The predicted molar refractivity (Wildman–Crippen MR) is 111 cm³/mol. The van der Waals surface area contributed by atoms with Crippen LogP contribution in [-0.4, -0.2) is 42.1 Å². The van der Waals surface area contributed by atoms with E-state index in [-0.39, 0.29) is 29.4 Å². The minimum absolute atomic E-state index is 0.198. The van der Waals surface area contributed by atoms with E-state index in [0.29, 0.717) is 10.6 Å². The molecule has 0 radical (unpaired) electrons. The maximum atomic E-state index is 12.9. The molecule has 0 aromatic heterocycles. The van der Waals surface area contributed by atoms with Gasteiger partial charge in [0.1, 0.15) is 5.57 Å². The fraction of sp³-hybridized carbons (Fsp3) is 0.143. The SMILES string of the molecule is CCOc1cc(/C=C2\C(=O)NC(=O)N(c3ccc(Cl)cc3)C2=O)ccc1OCC(=O)O. The van der Waals surface area contributed by atoms with Crippen molar-refractivity contribution in [1.82, 2.24) is 5.32 Å². The van der Waals surface area contributed by atoms with Crippen molar-refractivity contribution < 1.29 is 33.8 Å². The Labute approximate surface area is 181 Å². The van der Waals surface area contributed by atoms with Crippen LogP contribution in [0.15, 0.2) is 48.0 Å². The summed E-state index contributed by atoms with van der Waals surface area (Å²) in [7, 11) is 0. The highest BCUT2D eigenvalue weighted by Crippen LogP contribution is 2.30. The molecule has 2 aromatic rings. The van der Waals surface area contributed by atoms with Gasteiger partial charge in [0, 0.05) is 5.02 Å². The number of nitrogens with zero attached hydrogens (tertiary/aromatic N) is 1. The number of nitrogens with one attached hydrogen (secondary N) is 1. The number of urea groups is 1. The molecule has 4 amide bonds. The second-order valence-corrected chi connectivity index (χ2v) is 6.69. The van der Waals surface area contributed by atoms with Crippen molar-refractivity contribution in [3.05, 3.63) is 58.6 Å². The van der Waals surface area contributed by atoms with Crippen LogP contribution in [0.4, 0.5) is 10.5 Å². The summed E-state index contributed by atoms with van der Waals surface area (Å²) in [4.78, 5) is 49.0. The predicted octanol–water partition coefficient (Wildman–Crippen LogP) is 2.87. The molecule has 1 fully saturated rings. The summed E-state index contributed by atoms with van der Waals surface area (Å²) in [6.07, 6.45) is 1.30. The number of imide groups is 2. The zero-order valence-corrected chi connectivity index (χ0v) is 17.0. The highest BCUT2D eigenvalue weighted by molar-refractivity contribution is 6.39. The standard InChI is InChI=1S/C21H17ClN2O7/c1-2-30-17-10-12(3-8-16(17)31-11-18(25)26)9-15-19(27)23-21(29)24(20(15)28)14-6-4-13(22)5-7-14/h3-10H,2,11H2,1H3,(H,25,26)(H,23,27,29)/b15-9+. The minimum atomic E-state index is -1.15. The van der Waals surface area contributed by atoms with Crippen LogP contribution in [0.25, 0.3) is 6.08 Å².